The zero-order valence-electron chi connectivity index (χ0n) is 19.2. The normalized spacial score (nSPS) is 10.8. The summed E-state index contributed by atoms with van der Waals surface area (Å²) < 4.78 is 12.3. The lowest BCUT2D eigenvalue weighted by atomic mass is 10.1. The molecule has 0 aliphatic rings. The summed E-state index contributed by atoms with van der Waals surface area (Å²) in [5, 5.41) is 14.8. The first-order chi connectivity index (χ1) is 17.5. The van der Waals surface area contributed by atoms with E-state index in [1.165, 1.54) is 24.5 Å². The Bertz CT molecular complexity index is 1520. The summed E-state index contributed by atoms with van der Waals surface area (Å²) in [4.78, 5) is 17.5. The highest BCUT2D eigenvalue weighted by Gasteiger charge is 2.15. The van der Waals surface area contributed by atoms with Gasteiger partial charge < -0.3 is 19.9 Å². The van der Waals surface area contributed by atoms with Gasteiger partial charge in [-0.1, -0.05) is 35.9 Å². The molecule has 0 radical (unpaired) electrons. The average Bonchev–Trinajstić information content (AvgIpc) is 3.32. The number of benzene rings is 4. The number of halogens is 1. The number of nitrogens with one attached hydrogen (secondary N) is 1. The number of thiazole rings is 1. The van der Waals surface area contributed by atoms with E-state index in [-0.39, 0.29) is 11.7 Å². The number of phenolic OH excluding ortho intramolecular Hbond substituents is 1. The topological polar surface area (TPSA) is 80.7 Å². The highest BCUT2D eigenvalue weighted by atomic mass is 35.5. The number of para-hydroxylation sites is 1. The Morgan fingerprint density at radius 1 is 1.00 bits per heavy atom. The lowest BCUT2D eigenvalue weighted by molar-refractivity contribution is 0.102. The molecule has 6 nitrogen and oxygen atoms in total. The number of aromatic hydroxyl groups is 1. The molecule has 8 heteroatoms. The Morgan fingerprint density at radius 2 is 1.81 bits per heavy atom. The number of methoxy groups -OCH3 is 1. The van der Waals surface area contributed by atoms with E-state index in [0.717, 1.165) is 15.8 Å². The summed E-state index contributed by atoms with van der Waals surface area (Å²) >= 11 is 7.43. The highest BCUT2D eigenvalue weighted by molar-refractivity contribution is 7.21. The monoisotopic (exact) mass is 516 g/mol. The van der Waals surface area contributed by atoms with E-state index in [1.54, 1.807) is 42.5 Å². The van der Waals surface area contributed by atoms with Crippen molar-refractivity contribution in [3.8, 4) is 27.8 Å². The van der Waals surface area contributed by atoms with Crippen LogP contribution in [0.4, 0.5) is 5.69 Å². The predicted octanol–water partition coefficient (Wildman–Crippen LogP) is 7.16. The maximum Gasteiger partial charge on any atom is 0.255 e. The Morgan fingerprint density at radius 3 is 2.56 bits per heavy atom. The van der Waals surface area contributed by atoms with Crippen LogP contribution in [-0.4, -0.2) is 23.1 Å². The maximum absolute atomic E-state index is 12.9. The third-order valence-electron chi connectivity index (χ3n) is 5.51. The summed E-state index contributed by atoms with van der Waals surface area (Å²) in [6.45, 7) is 0.333. The van der Waals surface area contributed by atoms with Crippen molar-refractivity contribution < 1.29 is 19.4 Å². The molecular formula is C28H21ClN2O4S. The number of fused-ring (bicyclic) bond motifs is 1. The first-order valence-electron chi connectivity index (χ1n) is 11.1. The second-order valence-corrected chi connectivity index (χ2v) is 9.42. The minimum absolute atomic E-state index is 0.0374. The zero-order valence-corrected chi connectivity index (χ0v) is 20.8. The van der Waals surface area contributed by atoms with E-state index in [1.807, 2.05) is 36.4 Å². The van der Waals surface area contributed by atoms with Gasteiger partial charge in [0.25, 0.3) is 5.91 Å². The molecule has 4 aromatic carbocycles. The smallest absolute Gasteiger partial charge is 0.255 e. The molecule has 0 unspecified atom stereocenters. The Hall–Kier alpha value is -4.07. The Balaban J connectivity index is 1.29. The van der Waals surface area contributed by atoms with Gasteiger partial charge in [-0.3, -0.25) is 4.79 Å². The Kier molecular flexibility index (Phi) is 6.75. The van der Waals surface area contributed by atoms with Gasteiger partial charge in [0.05, 0.1) is 22.9 Å². The lowest BCUT2D eigenvalue weighted by Crippen LogP contribution is -2.12. The molecule has 1 heterocycles. The number of hydrogen-bond donors (Lipinski definition) is 2. The van der Waals surface area contributed by atoms with Crippen LogP contribution in [0.15, 0.2) is 84.9 Å². The number of ether oxygens (including phenoxy) is 2. The van der Waals surface area contributed by atoms with Crippen LogP contribution in [0.25, 0.3) is 20.8 Å². The van der Waals surface area contributed by atoms with Crippen LogP contribution in [0, 0.1) is 0 Å². The first kappa shape index (κ1) is 23.7. The van der Waals surface area contributed by atoms with Crippen molar-refractivity contribution in [3.05, 3.63) is 101 Å². The number of aromatic nitrogens is 1. The standard InChI is InChI=1S/C28H21ClN2O4S/c1-34-25-14-18(8-13-24(25)35-16-17-6-9-19(29)10-7-17)27(33)30-20-11-12-21(23(32)15-20)28-31-22-4-2-3-5-26(22)36-28/h2-15,32H,16H2,1H3,(H,30,33). The molecule has 1 aromatic heterocycles. The maximum atomic E-state index is 12.9. The van der Waals surface area contributed by atoms with Gasteiger partial charge in [-0.05, 0) is 60.2 Å². The van der Waals surface area contributed by atoms with E-state index in [2.05, 4.69) is 10.3 Å². The van der Waals surface area contributed by atoms with E-state index < -0.39 is 0 Å². The first-order valence-corrected chi connectivity index (χ1v) is 12.3. The van der Waals surface area contributed by atoms with Crippen LogP contribution in [0.5, 0.6) is 17.2 Å². The largest absolute Gasteiger partial charge is 0.507 e. The van der Waals surface area contributed by atoms with Crippen molar-refractivity contribution in [1.82, 2.24) is 4.98 Å². The molecule has 36 heavy (non-hydrogen) atoms. The molecule has 5 aromatic rings. The third-order valence-corrected chi connectivity index (χ3v) is 6.83. The van der Waals surface area contributed by atoms with Crippen LogP contribution >= 0.6 is 22.9 Å². The second-order valence-electron chi connectivity index (χ2n) is 7.95. The number of phenols is 1. The molecule has 2 N–H and O–H groups in total. The molecule has 0 fully saturated rings. The van der Waals surface area contributed by atoms with Crippen LogP contribution in [-0.2, 0) is 6.61 Å². The summed E-state index contributed by atoms with van der Waals surface area (Å²) in [5.41, 5.74) is 3.30. The minimum atomic E-state index is -0.343. The second kappa shape index (κ2) is 10.3. The van der Waals surface area contributed by atoms with Crippen molar-refractivity contribution in [2.24, 2.45) is 0 Å². The minimum Gasteiger partial charge on any atom is -0.507 e. The van der Waals surface area contributed by atoms with E-state index in [0.29, 0.717) is 45.0 Å². The van der Waals surface area contributed by atoms with Gasteiger partial charge in [-0.2, -0.15) is 0 Å². The fourth-order valence-corrected chi connectivity index (χ4v) is 4.78. The number of amides is 1. The van der Waals surface area contributed by atoms with Crippen molar-refractivity contribution in [2.75, 3.05) is 12.4 Å². The van der Waals surface area contributed by atoms with Crippen molar-refractivity contribution in [2.45, 2.75) is 6.61 Å². The van der Waals surface area contributed by atoms with Gasteiger partial charge in [0.2, 0.25) is 0 Å². The van der Waals surface area contributed by atoms with Gasteiger partial charge in [0.1, 0.15) is 17.4 Å². The fourth-order valence-electron chi connectivity index (χ4n) is 3.65. The predicted molar refractivity (Wildman–Crippen MR) is 143 cm³/mol. The van der Waals surface area contributed by atoms with E-state index in [9.17, 15) is 9.90 Å². The summed E-state index contributed by atoms with van der Waals surface area (Å²) in [6.07, 6.45) is 0. The SMILES string of the molecule is COc1cc(C(=O)Nc2ccc(-c3nc4ccccc4s3)c(O)c2)ccc1OCc1ccc(Cl)cc1. The highest BCUT2D eigenvalue weighted by Crippen LogP contribution is 2.37. The lowest BCUT2D eigenvalue weighted by Gasteiger charge is -2.13. The molecule has 5 rings (SSSR count). The van der Waals surface area contributed by atoms with Gasteiger partial charge in [0.15, 0.2) is 11.5 Å². The van der Waals surface area contributed by atoms with Crippen LogP contribution in [0.1, 0.15) is 15.9 Å². The summed E-state index contributed by atoms with van der Waals surface area (Å²) in [6, 6.07) is 25.1. The van der Waals surface area contributed by atoms with Crippen LogP contribution < -0.4 is 14.8 Å². The fraction of sp³-hybridized carbons (Fsp3) is 0.0714. The Labute approximate surface area is 216 Å². The molecule has 1 amide bonds. The van der Waals surface area contributed by atoms with Gasteiger partial charge >= 0.3 is 0 Å². The van der Waals surface area contributed by atoms with Crippen LogP contribution in [0.3, 0.4) is 0 Å². The van der Waals surface area contributed by atoms with Crippen molar-refractivity contribution in [1.29, 1.82) is 0 Å². The molecule has 0 aliphatic heterocycles. The average molecular weight is 517 g/mol. The number of anilines is 1. The van der Waals surface area contributed by atoms with Crippen molar-refractivity contribution >= 4 is 44.7 Å². The molecule has 0 saturated carbocycles. The number of carbonyl (C=O) groups is 1. The van der Waals surface area contributed by atoms with E-state index >= 15 is 0 Å². The van der Waals surface area contributed by atoms with Gasteiger partial charge in [0, 0.05) is 22.3 Å². The molecule has 0 atom stereocenters. The summed E-state index contributed by atoms with van der Waals surface area (Å²) in [5.74, 6) is 0.646. The number of nitrogens with zero attached hydrogens (tertiary/aromatic N) is 1. The van der Waals surface area contributed by atoms with E-state index in [4.69, 9.17) is 21.1 Å². The van der Waals surface area contributed by atoms with Gasteiger partial charge in [-0.15, -0.1) is 11.3 Å². The van der Waals surface area contributed by atoms with Crippen molar-refractivity contribution in [3.63, 3.8) is 0 Å². The number of carbonyl (C=O) groups excluding carboxylic acids is 1. The van der Waals surface area contributed by atoms with Gasteiger partial charge in [-0.25, -0.2) is 4.98 Å². The number of rotatable bonds is 7. The molecule has 0 bridgehead atoms. The molecular weight excluding hydrogens is 496 g/mol. The molecule has 0 aliphatic carbocycles. The third kappa shape index (κ3) is 5.12. The molecule has 0 saturated heterocycles. The number of hydrogen-bond acceptors (Lipinski definition) is 6. The van der Waals surface area contributed by atoms with Crippen LogP contribution in [0.2, 0.25) is 5.02 Å². The summed E-state index contributed by atoms with van der Waals surface area (Å²) in [7, 11) is 1.52. The molecule has 0 spiro atoms. The quantitative estimate of drug-likeness (QED) is 0.240. The zero-order chi connectivity index (χ0) is 25.1. The molecule has 180 valence electrons.